The Hall–Kier alpha value is -3.07. The number of nitriles is 1. The first kappa shape index (κ1) is 20.7. The third-order valence-corrected chi connectivity index (χ3v) is 5.34. The van der Waals surface area contributed by atoms with Crippen LogP contribution in [0.3, 0.4) is 0 Å². The molecule has 1 amide bonds. The van der Waals surface area contributed by atoms with Gasteiger partial charge in [-0.1, -0.05) is 6.92 Å². The van der Waals surface area contributed by atoms with E-state index in [1.165, 1.54) is 12.1 Å². The molecule has 152 valence electrons. The molecule has 1 N–H and O–H groups in total. The lowest BCUT2D eigenvalue weighted by Crippen LogP contribution is -2.19. The maximum absolute atomic E-state index is 14.1. The molecule has 5 nitrogen and oxygen atoms in total. The van der Waals surface area contributed by atoms with Gasteiger partial charge in [-0.15, -0.1) is 0 Å². The van der Waals surface area contributed by atoms with Gasteiger partial charge in [-0.3, -0.25) is 4.79 Å². The first-order valence-electron chi connectivity index (χ1n) is 10.1. The minimum absolute atomic E-state index is 0.00580. The molecule has 3 rings (SSSR count). The van der Waals surface area contributed by atoms with Crippen molar-refractivity contribution >= 4 is 23.4 Å². The number of amides is 1. The summed E-state index contributed by atoms with van der Waals surface area (Å²) in [6.45, 7) is 8.76. The fraction of sp³-hybridized carbons (Fsp3) is 0.391. The van der Waals surface area contributed by atoms with E-state index in [4.69, 9.17) is 0 Å². The van der Waals surface area contributed by atoms with E-state index in [0.29, 0.717) is 5.69 Å². The third-order valence-electron chi connectivity index (χ3n) is 5.34. The average Bonchev–Trinajstić information content (AvgIpc) is 3.30. The van der Waals surface area contributed by atoms with Crippen LogP contribution in [-0.2, 0) is 11.3 Å². The van der Waals surface area contributed by atoms with Crippen LogP contribution < -0.4 is 10.2 Å². The highest BCUT2D eigenvalue weighted by atomic mass is 19.1. The predicted octanol–water partition coefficient (Wildman–Crippen LogP) is 4.80. The number of hydrogen-bond donors (Lipinski definition) is 1. The van der Waals surface area contributed by atoms with Crippen molar-refractivity contribution in [1.82, 2.24) is 4.57 Å². The number of carbonyl (C=O) groups excluding carboxylic acids is 1. The van der Waals surface area contributed by atoms with Gasteiger partial charge in [-0.2, -0.15) is 5.26 Å². The molecule has 1 aliphatic rings. The lowest BCUT2D eigenvalue weighted by atomic mass is 10.1. The first-order valence-corrected chi connectivity index (χ1v) is 10.1. The molecule has 1 aromatic carbocycles. The molecule has 0 atom stereocenters. The van der Waals surface area contributed by atoms with Gasteiger partial charge in [0.2, 0.25) is 0 Å². The summed E-state index contributed by atoms with van der Waals surface area (Å²) in [4.78, 5) is 14.8. The molecule has 1 aromatic heterocycles. The van der Waals surface area contributed by atoms with E-state index >= 15 is 0 Å². The molecular weight excluding hydrogens is 367 g/mol. The number of carbonyl (C=O) groups is 1. The van der Waals surface area contributed by atoms with E-state index in [1.54, 1.807) is 12.1 Å². The van der Waals surface area contributed by atoms with Crippen LogP contribution >= 0.6 is 0 Å². The Morgan fingerprint density at radius 1 is 1.24 bits per heavy atom. The molecule has 0 aliphatic carbocycles. The smallest absolute Gasteiger partial charge is 0.266 e. The average molecular weight is 394 g/mol. The van der Waals surface area contributed by atoms with Crippen LogP contribution in [0.2, 0.25) is 0 Å². The molecule has 1 fully saturated rings. The summed E-state index contributed by atoms with van der Waals surface area (Å²) in [6, 6.07) is 8.47. The second-order valence-corrected chi connectivity index (χ2v) is 7.49. The van der Waals surface area contributed by atoms with Gasteiger partial charge in [0.05, 0.1) is 0 Å². The van der Waals surface area contributed by atoms with Crippen LogP contribution in [0.5, 0.6) is 0 Å². The van der Waals surface area contributed by atoms with Gasteiger partial charge in [-0.25, -0.2) is 4.39 Å². The van der Waals surface area contributed by atoms with Crippen molar-refractivity contribution in [2.75, 3.05) is 23.3 Å². The molecule has 1 saturated heterocycles. The molecular formula is C23H27FN4O. The van der Waals surface area contributed by atoms with E-state index in [9.17, 15) is 14.4 Å². The van der Waals surface area contributed by atoms with E-state index in [2.05, 4.69) is 21.7 Å². The Morgan fingerprint density at radius 3 is 2.62 bits per heavy atom. The Labute approximate surface area is 171 Å². The minimum atomic E-state index is -0.536. The fourth-order valence-corrected chi connectivity index (χ4v) is 3.85. The number of aromatic nitrogens is 1. The SMILES string of the molecule is CCCn1c(C)cc(/C=C(\C#N)C(=O)Nc2cc(F)cc(N3CCCC3)c2)c1C. The topological polar surface area (TPSA) is 61.1 Å². The normalized spacial score (nSPS) is 14.2. The fourth-order valence-electron chi connectivity index (χ4n) is 3.85. The second kappa shape index (κ2) is 8.95. The van der Waals surface area contributed by atoms with Gasteiger partial charge in [0, 0.05) is 42.4 Å². The highest BCUT2D eigenvalue weighted by Gasteiger charge is 2.16. The maximum atomic E-state index is 14.1. The lowest BCUT2D eigenvalue weighted by Gasteiger charge is -2.18. The molecule has 2 heterocycles. The van der Waals surface area contributed by atoms with Gasteiger partial charge in [0.1, 0.15) is 17.5 Å². The number of rotatable bonds is 6. The van der Waals surface area contributed by atoms with Crippen LogP contribution in [0.15, 0.2) is 29.8 Å². The second-order valence-electron chi connectivity index (χ2n) is 7.49. The lowest BCUT2D eigenvalue weighted by molar-refractivity contribution is -0.112. The summed E-state index contributed by atoms with van der Waals surface area (Å²) in [5.74, 6) is -0.943. The first-order chi connectivity index (χ1) is 13.9. The summed E-state index contributed by atoms with van der Waals surface area (Å²) in [5.41, 5.74) is 4.06. The monoisotopic (exact) mass is 394 g/mol. The van der Waals surface area contributed by atoms with Crippen LogP contribution in [0, 0.1) is 31.0 Å². The summed E-state index contributed by atoms with van der Waals surface area (Å²) >= 11 is 0. The Bertz CT molecular complexity index is 977. The van der Waals surface area contributed by atoms with E-state index in [0.717, 1.165) is 61.5 Å². The van der Waals surface area contributed by atoms with E-state index in [-0.39, 0.29) is 5.57 Å². The maximum Gasteiger partial charge on any atom is 0.266 e. The zero-order chi connectivity index (χ0) is 21.0. The van der Waals surface area contributed by atoms with Crippen molar-refractivity contribution in [3.8, 4) is 6.07 Å². The van der Waals surface area contributed by atoms with Gasteiger partial charge < -0.3 is 14.8 Å². The Morgan fingerprint density at radius 2 is 1.97 bits per heavy atom. The highest BCUT2D eigenvalue weighted by Crippen LogP contribution is 2.26. The van der Waals surface area contributed by atoms with Gasteiger partial charge in [-0.05, 0) is 69.0 Å². The van der Waals surface area contributed by atoms with Gasteiger partial charge in [0.25, 0.3) is 5.91 Å². The zero-order valence-electron chi connectivity index (χ0n) is 17.3. The van der Waals surface area contributed by atoms with E-state index in [1.807, 2.05) is 26.0 Å². The predicted molar refractivity (Wildman–Crippen MR) is 114 cm³/mol. The summed E-state index contributed by atoms with van der Waals surface area (Å²) in [7, 11) is 0. The molecule has 0 saturated carbocycles. The van der Waals surface area contributed by atoms with Crippen molar-refractivity contribution in [3.05, 3.63) is 52.6 Å². The number of nitrogens with zero attached hydrogens (tertiary/aromatic N) is 3. The van der Waals surface area contributed by atoms with Crippen LogP contribution in [-0.4, -0.2) is 23.6 Å². The van der Waals surface area contributed by atoms with Crippen molar-refractivity contribution < 1.29 is 9.18 Å². The molecule has 6 heteroatoms. The number of nitrogens with one attached hydrogen (secondary N) is 1. The van der Waals surface area contributed by atoms with Crippen LogP contribution in [0.1, 0.15) is 43.1 Å². The standard InChI is InChI=1S/C23H27FN4O/c1-4-7-28-16(2)10-18(17(28)3)11-19(15-25)23(29)26-21-12-20(24)13-22(14-21)27-8-5-6-9-27/h10-14H,4-9H2,1-3H3,(H,26,29)/b19-11+. The zero-order valence-corrected chi connectivity index (χ0v) is 17.3. The van der Waals surface area contributed by atoms with Crippen LogP contribution in [0.25, 0.3) is 6.08 Å². The van der Waals surface area contributed by atoms with Gasteiger partial charge >= 0.3 is 0 Å². The third kappa shape index (κ3) is 4.68. The van der Waals surface area contributed by atoms with Crippen molar-refractivity contribution in [3.63, 3.8) is 0 Å². The minimum Gasteiger partial charge on any atom is -0.371 e. The molecule has 0 radical (unpaired) electrons. The molecule has 0 unspecified atom stereocenters. The number of aryl methyl sites for hydroxylation is 1. The quantitative estimate of drug-likeness (QED) is 0.565. The Kier molecular flexibility index (Phi) is 6.38. The van der Waals surface area contributed by atoms with Gasteiger partial charge in [0.15, 0.2) is 0 Å². The molecule has 0 bridgehead atoms. The molecule has 2 aromatic rings. The molecule has 0 spiro atoms. The number of anilines is 2. The number of halogens is 1. The Balaban J connectivity index is 1.83. The van der Waals surface area contributed by atoms with Crippen molar-refractivity contribution in [1.29, 1.82) is 5.26 Å². The summed E-state index contributed by atoms with van der Waals surface area (Å²) in [6.07, 6.45) is 4.76. The summed E-state index contributed by atoms with van der Waals surface area (Å²) in [5, 5.41) is 12.2. The van der Waals surface area contributed by atoms with Crippen molar-refractivity contribution in [2.45, 2.75) is 46.6 Å². The largest absolute Gasteiger partial charge is 0.371 e. The number of benzene rings is 1. The van der Waals surface area contributed by atoms with Crippen LogP contribution in [0.4, 0.5) is 15.8 Å². The molecule has 1 aliphatic heterocycles. The summed E-state index contributed by atoms with van der Waals surface area (Å²) < 4.78 is 16.2. The highest BCUT2D eigenvalue weighted by molar-refractivity contribution is 6.09. The number of hydrogen-bond acceptors (Lipinski definition) is 3. The van der Waals surface area contributed by atoms with E-state index < -0.39 is 11.7 Å². The molecule has 29 heavy (non-hydrogen) atoms. The van der Waals surface area contributed by atoms with Crippen molar-refractivity contribution in [2.24, 2.45) is 0 Å².